The molecule has 41 heavy (non-hydrogen) atoms. The van der Waals surface area contributed by atoms with E-state index in [9.17, 15) is 28.1 Å². The van der Waals surface area contributed by atoms with Gasteiger partial charge in [-0.3, -0.25) is 19.7 Å². The molecule has 0 bridgehead atoms. The van der Waals surface area contributed by atoms with Crippen molar-refractivity contribution >= 4 is 49.2 Å². The van der Waals surface area contributed by atoms with Gasteiger partial charge >= 0.3 is 5.97 Å². The van der Waals surface area contributed by atoms with Crippen LogP contribution in [0.4, 0.5) is 11.4 Å². The molecule has 1 N–H and O–H groups in total. The van der Waals surface area contributed by atoms with Gasteiger partial charge in [-0.15, -0.1) is 0 Å². The van der Waals surface area contributed by atoms with E-state index in [1.54, 1.807) is 37.3 Å². The fraction of sp³-hybridized carbons (Fsp3) is 0.259. The Balaban J connectivity index is 1.58. The minimum atomic E-state index is -4.29. The Morgan fingerprint density at radius 2 is 1.85 bits per heavy atom. The fourth-order valence-corrected chi connectivity index (χ4v) is 6.58. The van der Waals surface area contributed by atoms with Gasteiger partial charge in [0.15, 0.2) is 6.61 Å². The number of carbonyl (C=O) groups excluding carboxylic acids is 2. The Morgan fingerprint density at radius 3 is 2.54 bits per heavy atom. The molecule has 0 radical (unpaired) electrons. The highest BCUT2D eigenvalue weighted by Crippen LogP contribution is 2.35. The van der Waals surface area contributed by atoms with Gasteiger partial charge in [0.25, 0.3) is 11.6 Å². The molecule has 4 rings (SSSR count). The highest BCUT2D eigenvalue weighted by atomic mass is 79.9. The molecule has 3 aromatic rings. The molecule has 0 saturated heterocycles. The van der Waals surface area contributed by atoms with Crippen molar-refractivity contribution in [1.82, 2.24) is 4.31 Å². The average molecular weight is 648 g/mol. The maximum absolute atomic E-state index is 14.0. The van der Waals surface area contributed by atoms with Crippen molar-refractivity contribution in [3.63, 3.8) is 0 Å². The van der Waals surface area contributed by atoms with Crippen LogP contribution in [0.25, 0.3) is 0 Å². The van der Waals surface area contributed by atoms with Gasteiger partial charge in [0.05, 0.1) is 24.7 Å². The van der Waals surface area contributed by atoms with Crippen molar-refractivity contribution in [2.45, 2.75) is 30.8 Å². The Kier molecular flexibility index (Phi) is 9.25. The minimum absolute atomic E-state index is 0.0117. The molecular formula is C27H26BrN3O9S. The Morgan fingerprint density at radius 1 is 1.12 bits per heavy atom. The summed E-state index contributed by atoms with van der Waals surface area (Å²) in [6, 6.07) is 14.3. The van der Waals surface area contributed by atoms with Gasteiger partial charge in [0.1, 0.15) is 28.1 Å². The number of carbonyl (C=O) groups is 2. The van der Waals surface area contributed by atoms with Crippen LogP contribution in [0.5, 0.6) is 11.5 Å². The number of anilines is 1. The third-order valence-electron chi connectivity index (χ3n) is 6.29. The van der Waals surface area contributed by atoms with E-state index in [0.717, 1.165) is 21.5 Å². The quantitative estimate of drug-likeness (QED) is 0.195. The molecule has 1 atom stereocenters. The Bertz CT molecular complexity index is 1600. The summed E-state index contributed by atoms with van der Waals surface area (Å²) in [7, 11) is -2.95. The van der Waals surface area contributed by atoms with E-state index >= 15 is 0 Å². The van der Waals surface area contributed by atoms with E-state index in [4.69, 9.17) is 14.2 Å². The van der Waals surface area contributed by atoms with E-state index in [-0.39, 0.29) is 41.7 Å². The number of esters is 1. The number of benzene rings is 3. The van der Waals surface area contributed by atoms with Gasteiger partial charge in [-0.2, -0.15) is 4.31 Å². The number of hydrogen-bond donors (Lipinski definition) is 1. The van der Waals surface area contributed by atoms with Gasteiger partial charge in [-0.25, -0.2) is 8.42 Å². The standard InChI is InChI=1S/C27H26BrN3O9S/c1-3-39-24-11-8-19(28)13-25(24)41(36,37)30-15-18-7-5-4-6-17(18)12-23(30)27(33)40-16-26(32)29-21-10-9-20(38-2)14-22(21)31(34)35/h4-11,13-14,23H,3,12,15-16H2,1-2H3,(H,29,32)/t23-/m1/s1. The first-order valence-corrected chi connectivity index (χ1v) is 14.6. The van der Waals surface area contributed by atoms with Crippen molar-refractivity contribution < 1.29 is 37.1 Å². The van der Waals surface area contributed by atoms with E-state index in [2.05, 4.69) is 21.2 Å². The van der Waals surface area contributed by atoms with Gasteiger partial charge in [-0.1, -0.05) is 40.2 Å². The van der Waals surface area contributed by atoms with Gasteiger partial charge < -0.3 is 19.5 Å². The summed E-state index contributed by atoms with van der Waals surface area (Å²) >= 11 is 3.30. The number of ether oxygens (including phenoxy) is 3. The molecule has 1 amide bonds. The van der Waals surface area contributed by atoms with Crippen molar-refractivity contribution in [1.29, 1.82) is 0 Å². The second kappa shape index (κ2) is 12.7. The Labute approximate surface area is 244 Å². The third kappa shape index (κ3) is 6.66. The zero-order valence-corrected chi connectivity index (χ0v) is 24.4. The molecule has 0 saturated carbocycles. The number of nitrogens with one attached hydrogen (secondary N) is 1. The van der Waals surface area contributed by atoms with Gasteiger partial charge in [0.2, 0.25) is 10.0 Å². The molecule has 1 heterocycles. The number of fused-ring (bicyclic) bond motifs is 1. The molecule has 1 aliphatic heterocycles. The number of rotatable bonds is 10. The zero-order valence-electron chi connectivity index (χ0n) is 22.0. The van der Waals surface area contributed by atoms with E-state index in [0.29, 0.717) is 4.47 Å². The lowest BCUT2D eigenvalue weighted by atomic mass is 9.96. The van der Waals surface area contributed by atoms with Crippen LogP contribution in [0.3, 0.4) is 0 Å². The molecule has 1 aliphatic rings. The van der Waals surface area contributed by atoms with Gasteiger partial charge in [0, 0.05) is 17.4 Å². The molecule has 216 valence electrons. The lowest BCUT2D eigenvalue weighted by Crippen LogP contribution is -2.49. The van der Waals surface area contributed by atoms with E-state index < -0.39 is 45.2 Å². The first kappa shape index (κ1) is 30.0. The van der Waals surface area contributed by atoms with Crippen molar-refractivity contribution in [2.24, 2.45) is 0 Å². The maximum atomic E-state index is 14.0. The van der Waals surface area contributed by atoms with Gasteiger partial charge in [-0.05, 0) is 48.4 Å². The third-order valence-corrected chi connectivity index (χ3v) is 8.66. The topological polar surface area (TPSA) is 154 Å². The summed E-state index contributed by atoms with van der Waals surface area (Å²) in [6.07, 6.45) is 0.0117. The summed E-state index contributed by atoms with van der Waals surface area (Å²) in [5.41, 5.74) is 0.950. The first-order chi connectivity index (χ1) is 19.5. The van der Waals surface area contributed by atoms with Crippen LogP contribution in [0, 0.1) is 10.1 Å². The normalized spacial score (nSPS) is 15.0. The van der Waals surface area contributed by atoms with Crippen molar-refractivity contribution in [2.75, 3.05) is 25.6 Å². The van der Waals surface area contributed by atoms with Crippen LogP contribution in [-0.4, -0.2) is 55.9 Å². The van der Waals surface area contributed by atoms with Crippen molar-refractivity contribution in [3.8, 4) is 11.5 Å². The van der Waals surface area contributed by atoms with Crippen LogP contribution in [0.15, 0.2) is 70.0 Å². The summed E-state index contributed by atoms with van der Waals surface area (Å²) < 4.78 is 45.2. The summed E-state index contributed by atoms with van der Waals surface area (Å²) in [5, 5.41) is 13.8. The largest absolute Gasteiger partial charge is 0.496 e. The SMILES string of the molecule is CCOc1ccc(Br)cc1S(=O)(=O)N1Cc2ccccc2C[C@@H]1C(=O)OCC(=O)Nc1ccc(OC)cc1[N+](=O)[O-]. The molecule has 0 unspecified atom stereocenters. The summed E-state index contributed by atoms with van der Waals surface area (Å²) in [5.74, 6) is -1.45. The monoisotopic (exact) mass is 647 g/mol. The molecular weight excluding hydrogens is 622 g/mol. The molecule has 0 fully saturated rings. The van der Waals surface area contributed by atoms with E-state index in [1.807, 2.05) is 0 Å². The predicted molar refractivity (Wildman–Crippen MR) is 151 cm³/mol. The number of nitro benzene ring substituents is 1. The predicted octanol–water partition coefficient (Wildman–Crippen LogP) is 4.06. The number of nitro groups is 1. The number of methoxy groups -OCH3 is 1. The number of nitrogens with zero attached hydrogens (tertiary/aromatic N) is 2. The molecule has 3 aromatic carbocycles. The van der Waals surface area contributed by atoms with Crippen LogP contribution in [0.1, 0.15) is 18.1 Å². The number of halogens is 1. The van der Waals surface area contributed by atoms with Crippen LogP contribution in [0.2, 0.25) is 0 Å². The van der Waals surface area contributed by atoms with Crippen molar-refractivity contribution in [3.05, 3.63) is 86.4 Å². The average Bonchev–Trinajstić information content (AvgIpc) is 2.96. The lowest BCUT2D eigenvalue weighted by molar-refractivity contribution is -0.384. The van der Waals surface area contributed by atoms with Crippen LogP contribution < -0.4 is 14.8 Å². The number of hydrogen-bond acceptors (Lipinski definition) is 9. The second-order valence-electron chi connectivity index (χ2n) is 8.86. The highest BCUT2D eigenvalue weighted by molar-refractivity contribution is 9.10. The second-order valence-corrected chi connectivity index (χ2v) is 11.6. The number of amides is 1. The molecule has 0 spiro atoms. The first-order valence-electron chi connectivity index (χ1n) is 12.3. The smallest absolute Gasteiger partial charge is 0.325 e. The van der Waals surface area contributed by atoms with Crippen LogP contribution in [-0.2, 0) is 37.3 Å². The molecule has 14 heteroatoms. The fourth-order valence-electron chi connectivity index (χ4n) is 4.35. The Hall–Kier alpha value is -4.01. The van der Waals surface area contributed by atoms with Crippen LogP contribution >= 0.6 is 15.9 Å². The maximum Gasteiger partial charge on any atom is 0.325 e. The lowest BCUT2D eigenvalue weighted by Gasteiger charge is -2.34. The summed E-state index contributed by atoms with van der Waals surface area (Å²) in [6.45, 7) is 1.04. The minimum Gasteiger partial charge on any atom is -0.496 e. The molecule has 0 aliphatic carbocycles. The highest BCUT2D eigenvalue weighted by Gasteiger charge is 2.42. The molecule has 12 nitrogen and oxygen atoms in total. The zero-order chi connectivity index (χ0) is 29.7. The summed E-state index contributed by atoms with van der Waals surface area (Å²) in [4.78, 5) is 36.5. The molecule has 0 aromatic heterocycles. The van der Waals surface area contributed by atoms with E-state index in [1.165, 1.54) is 31.4 Å². The number of sulfonamides is 1.